The van der Waals surface area contributed by atoms with Gasteiger partial charge in [-0.1, -0.05) is 46.3 Å². The molecule has 4 nitrogen and oxygen atoms in total. The van der Waals surface area contributed by atoms with Gasteiger partial charge in [0, 0.05) is 21.3 Å². The van der Waals surface area contributed by atoms with E-state index >= 15 is 0 Å². The lowest BCUT2D eigenvalue weighted by molar-refractivity contribution is -0.136. The monoisotopic (exact) mass is 445 g/mol. The van der Waals surface area contributed by atoms with Gasteiger partial charge in [-0.15, -0.1) is 0 Å². The van der Waals surface area contributed by atoms with Gasteiger partial charge in [-0.05, 0) is 64.2 Å². The molecule has 0 aromatic heterocycles. The Hall–Kier alpha value is -1.98. The second-order valence-corrected chi connectivity index (χ2v) is 8.25. The second kappa shape index (κ2) is 9.48. The van der Waals surface area contributed by atoms with E-state index < -0.39 is 11.5 Å². The van der Waals surface area contributed by atoms with Crippen molar-refractivity contribution in [2.24, 2.45) is 0 Å². The first-order valence-corrected chi connectivity index (χ1v) is 10.4. The molecule has 0 spiro atoms. The Balaban J connectivity index is 2.41. The molecule has 2 rings (SSSR count). The summed E-state index contributed by atoms with van der Waals surface area (Å²) in [6.45, 7) is 9.46. The lowest BCUT2D eigenvalue weighted by Crippen LogP contribution is -2.41. The number of carbonyl (C=O) groups excluding carboxylic acids is 2. The highest BCUT2D eigenvalue weighted by Gasteiger charge is 2.48. The van der Waals surface area contributed by atoms with Crippen LogP contribution in [0.4, 0.5) is 0 Å². The molecule has 1 saturated heterocycles. The van der Waals surface area contributed by atoms with Crippen molar-refractivity contribution in [2.75, 3.05) is 0 Å². The maximum Gasteiger partial charge on any atom is 0.261 e. The molecule has 0 aromatic carbocycles. The van der Waals surface area contributed by atoms with Crippen molar-refractivity contribution in [1.82, 2.24) is 5.32 Å². The number of ketones is 1. The van der Waals surface area contributed by atoms with E-state index in [0.717, 1.165) is 19.3 Å². The van der Waals surface area contributed by atoms with Crippen molar-refractivity contribution in [3.63, 3.8) is 0 Å². The molecule has 1 fully saturated rings. The van der Waals surface area contributed by atoms with E-state index in [-0.39, 0.29) is 12.2 Å². The van der Waals surface area contributed by atoms with Crippen molar-refractivity contribution in [1.29, 1.82) is 0 Å². The predicted molar refractivity (Wildman–Crippen MR) is 117 cm³/mol. The largest absolute Gasteiger partial charge is 0.375 e. The molecule has 28 heavy (non-hydrogen) atoms. The minimum absolute atomic E-state index is 0.273. The van der Waals surface area contributed by atoms with Gasteiger partial charge in [-0.2, -0.15) is 0 Å². The van der Waals surface area contributed by atoms with Crippen molar-refractivity contribution in [2.45, 2.75) is 58.5 Å². The Kier molecular flexibility index (Phi) is 7.55. The van der Waals surface area contributed by atoms with Crippen molar-refractivity contribution in [3.05, 3.63) is 69.4 Å². The average Bonchev–Trinajstić information content (AvgIpc) is 2.86. The number of hydrogen-bond acceptors (Lipinski definition) is 3. The van der Waals surface area contributed by atoms with Gasteiger partial charge in [0.2, 0.25) is 0 Å². The first kappa shape index (κ1) is 22.3. The summed E-state index contributed by atoms with van der Waals surface area (Å²) in [6, 6.07) is 0. The van der Waals surface area contributed by atoms with E-state index in [4.69, 9.17) is 0 Å². The smallest absolute Gasteiger partial charge is 0.261 e. The zero-order valence-electron chi connectivity index (χ0n) is 16.8. The van der Waals surface area contributed by atoms with Gasteiger partial charge in [0.1, 0.15) is 0 Å². The maximum atomic E-state index is 13.1. The summed E-state index contributed by atoms with van der Waals surface area (Å²) < 4.78 is 0.511. The number of carbonyl (C=O) groups is 2. The Bertz CT molecular complexity index is 842. The highest BCUT2D eigenvalue weighted by Crippen LogP contribution is 2.36. The molecule has 2 aliphatic rings. The lowest BCUT2D eigenvalue weighted by atomic mass is 9.85. The molecule has 5 heteroatoms. The maximum absolute atomic E-state index is 13.1. The third kappa shape index (κ3) is 4.89. The number of halogens is 1. The summed E-state index contributed by atoms with van der Waals surface area (Å²) in [4.78, 5) is 25.6. The third-order valence-electron chi connectivity index (χ3n) is 5.16. The number of allylic oxidation sites excluding steroid dienone is 9. The number of amides is 1. The molecule has 0 radical (unpaired) electrons. The van der Waals surface area contributed by atoms with Crippen LogP contribution >= 0.6 is 15.9 Å². The van der Waals surface area contributed by atoms with Crippen LogP contribution in [0.3, 0.4) is 0 Å². The fourth-order valence-electron chi connectivity index (χ4n) is 3.59. The van der Waals surface area contributed by atoms with Gasteiger partial charge < -0.3 is 10.4 Å². The van der Waals surface area contributed by atoms with Crippen LogP contribution in [0.15, 0.2) is 69.4 Å². The number of nitrogens with one attached hydrogen (secondary N) is 1. The van der Waals surface area contributed by atoms with Crippen LogP contribution < -0.4 is 5.32 Å². The van der Waals surface area contributed by atoms with Crippen LogP contribution in [-0.2, 0) is 9.59 Å². The number of Topliss-reactive ketones (excluding diaryl/α,β-unsaturated/α-hetero) is 1. The summed E-state index contributed by atoms with van der Waals surface area (Å²) in [5.41, 5.74) is 1.89. The first-order valence-electron chi connectivity index (χ1n) is 9.56. The van der Waals surface area contributed by atoms with Crippen LogP contribution in [0.25, 0.3) is 0 Å². The van der Waals surface area contributed by atoms with Crippen LogP contribution in [0.2, 0.25) is 0 Å². The quantitative estimate of drug-likeness (QED) is 0.449. The minimum atomic E-state index is -1.92. The van der Waals surface area contributed by atoms with Crippen molar-refractivity contribution >= 4 is 27.6 Å². The molecule has 2 N–H and O–H groups in total. The Labute approximate surface area is 175 Å². The van der Waals surface area contributed by atoms with Gasteiger partial charge >= 0.3 is 0 Å². The second-order valence-electron chi connectivity index (χ2n) is 7.23. The van der Waals surface area contributed by atoms with E-state index in [1.165, 1.54) is 17.6 Å². The molecule has 1 aliphatic heterocycles. The Morgan fingerprint density at radius 3 is 2.57 bits per heavy atom. The van der Waals surface area contributed by atoms with Gasteiger partial charge in [-0.25, -0.2) is 0 Å². The van der Waals surface area contributed by atoms with E-state index in [0.29, 0.717) is 21.3 Å². The molecule has 150 valence electrons. The van der Waals surface area contributed by atoms with Gasteiger partial charge in [-0.3, -0.25) is 9.59 Å². The van der Waals surface area contributed by atoms with Crippen LogP contribution in [0, 0.1) is 0 Å². The minimum Gasteiger partial charge on any atom is -0.375 e. The average molecular weight is 446 g/mol. The Morgan fingerprint density at radius 2 is 2.00 bits per heavy atom. The highest BCUT2D eigenvalue weighted by atomic mass is 79.9. The first-order chi connectivity index (χ1) is 13.2. The van der Waals surface area contributed by atoms with Crippen LogP contribution in [-0.4, -0.2) is 22.4 Å². The van der Waals surface area contributed by atoms with Crippen molar-refractivity contribution < 1.29 is 14.7 Å². The number of hydrogen-bond donors (Lipinski definition) is 2. The normalized spacial score (nSPS) is 26.5. The summed E-state index contributed by atoms with van der Waals surface area (Å²) in [5.74, 6) is -0.869. The lowest BCUT2D eigenvalue weighted by Gasteiger charge is -2.21. The van der Waals surface area contributed by atoms with E-state index in [2.05, 4.69) is 34.7 Å². The zero-order chi connectivity index (χ0) is 20.9. The summed E-state index contributed by atoms with van der Waals surface area (Å²) in [5, 5.41) is 13.8. The van der Waals surface area contributed by atoms with E-state index in [9.17, 15) is 14.7 Å². The van der Waals surface area contributed by atoms with Gasteiger partial charge in [0.05, 0.1) is 6.42 Å². The fourth-order valence-corrected chi connectivity index (χ4v) is 3.82. The molecular formula is C23H28BrNO3. The van der Waals surface area contributed by atoms with Crippen LogP contribution in [0.1, 0.15) is 52.9 Å². The zero-order valence-corrected chi connectivity index (χ0v) is 18.4. The summed E-state index contributed by atoms with van der Waals surface area (Å²) in [6.07, 6.45) is 12.7. The SMILES string of the molecule is C=C(Br)/C=C1\C(=C/C)NC(=O)C1(O)CC(=O)C(/C=C\C)=C/C1=C(C)CCCC1. The molecule has 1 amide bonds. The number of rotatable bonds is 6. The predicted octanol–water partition coefficient (Wildman–Crippen LogP) is 4.94. The standard InChI is InChI=1S/C23H28BrNO3/c1-5-9-18(13-17-11-8-7-10-15(17)3)21(26)14-23(28)19(12-16(4)24)20(6-2)25-22(23)27/h5-6,9,12-13,28H,4,7-8,10-11,14H2,1-3H3,(H,25,27)/b9-5-,18-13+,19-12+,20-6+. The third-order valence-corrected chi connectivity index (χ3v) is 5.39. The molecule has 1 unspecified atom stereocenters. The Morgan fingerprint density at radius 1 is 1.32 bits per heavy atom. The molecule has 0 aromatic rings. The molecular weight excluding hydrogens is 418 g/mol. The molecule has 1 aliphatic carbocycles. The molecule has 1 heterocycles. The summed E-state index contributed by atoms with van der Waals surface area (Å²) >= 11 is 3.24. The van der Waals surface area contributed by atoms with Crippen molar-refractivity contribution in [3.8, 4) is 0 Å². The molecule has 0 saturated carbocycles. The summed E-state index contributed by atoms with van der Waals surface area (Å²) in [7, 11) is 0. The molecule has 0 bridgehead atoms. The fraction of sp³-hybridized carbons (Fsp3) is 0.391. The highest BCUT2D eigenvalue weighted by molar-refractivity contribution is 9.11. The molecule has 1 atom stereocenters. The van der Waals surface area contributed by atoms with Crippen LogP contribution in [0.5, 0.6) is 0 Å². The topological polar surface area (TPSA) is 66.4 Å². The van der Waals surface area contributed by atoms with E-state index in [1.807, 2.05) is 13.0 Å². The van der Waals surface area contributed by atoms with Gasteiger partial charge in [0.25, 0.3) is 5.91 Å². The van der Waals surface area contributed by atoms with E-state index in [1.54, 1.807) is 31.2 Å². The van der Waals surface area contributed by atoms with Gasteiger partial charge in [0.15, 0.2) is 11.4 Å². The number of aliphatic hydroxyl groups is 1.